The zero-order valence-electron chi connectivity index (χ0n) is 15.3. The SMILES string of the molecule is CN1CC(COc2ccc3cc(C4=CCNCC4)ccc3c2)CCC1=O. The standard InChI is InChI=1S/C22H26N2O2/c1-24-14-16(2-7-22(24)25)15-26-21-6-5-19-12-18(3-4-20(19)13-21)17-8-10-23-11-9-17/h3-6,8,12-13,16,23H,2,7,9-11,14-15H2,1H3. The Morgan fingerprint density at radius 2 is 2.00 bits per heavy atom. The number of fused-ring (bicyclic) bond motifs is 1. The van der Waals surface area contributed by atoms with Gasteiger partial charge in [-0.15, -0.1) is 0 Å². The molecule has 0 aromatic heterocycles. The van der Waals surface area contributed by atoms with Crippen LogP contribution in [0.15, 0.2) is 42.5 Å². The van der Waals surface area contributed by atoms with Gasteiger partial charge in [-0.3, -0.25) is 4.79 Å². The lowest BCUT2D eigenvalue weighted by atomic mass is 9.97. The first-order valence-electron chi connectivity index (χ1n) is 9.50. The van der Waals surface area contributed by atoms with E-state index in [0.717, 1.165) is 38.2 Å². The number of nitrogens with zero attached hydrogens (tertiary/aromatic N) is 1. The Hall–Kier alpha value is -2.33. The largest absolute Gasteiger partial charge is 0.493 e. The summed E-state index contributed by atoms with van der Waals surface area (Å²) >= 11 is 0. The van der Waals surface area contributed by atoms with Crippen molar-refractivity contribution in [3.63, 3.8) is 0 Å². The summed E-state index contributed by atoms with van der Waals surface area (Å²) in [7, 11) is 1.87. The van der Waals surface area contributed by atoms with Gasteiger partial charge in [0.15, 0.2) is 0 Å². The van der Waals surface area contributed by atoms with E-state index < -0.39 is 0 Å². The number of likely N-dealkylation sites (tertiary alicyclic amines) is 1. The van der Waals surface area contributed by atoms with E-state index in [1.54, 1.807) is 0 Å². The fourth-order valence-electron chi connectivity index (χ4n) is 3.85. The predicted octanol–water partition coefficient (Wildman–Crippen LogP) is 3.46. The highest BCUT2D eigenvalue weighted by atomic mass is 16.5. The summed E-state index contributed by atoms with van der Waals surface area (Å²) in [5.74, 6) is 1.57. The van der Waals surface area contributed by atoms with E-state index in [0.29, 0.717) is 18.9 Å². The second kappa shape index (κ2) is 7.50. The number of rotatable bonds is 4. The first-order valence-corrected chi connectivity index (χ1v) is 9.50. The predicted molar refractivity (Wildman–Crippen MR) is 105 cm³/mol. The van der Waals surface area contributed by atoms with Gasteiger partial charge in [0.2, 0.25) is 5.91 Å². The monoisotopic (exact) mass is 350 g/mol. The quantitative estimate of drug-likeness (QED) is 0.918. The second-order valence-electron chi connectivity index (χ2n) is 7.40. The van der Waals surface area contributed by atoms with Crippen molar-refractivity contribution in [1.29, 1.82) is 0 Å². The van der Waals surface area contributed by atoms with Crippen LogP contribution in [0.25, 0.3) is 16.3 Å². The number of carbonyl (C=O) groups excluding carboxylic acids is 1. The average molecular weight is 350 g/mol. The Kier molecular flexibility index (Phi) is 4.93. The zero-order valence-corrected chi connectivity index (χ0v) is 15.3. The van der Waals surface area contributed by atoms with Crippen LogP contribution in [-0.2, 0) is 4.79 Å². The molecule has 0 aliphatic carbocycles. The molecule has 26 heavy (non-hydrogen) atoms. The third-order valence-electron chi connectivity index (χ3n) is 5.46. The fraction of sp³-hybridized carbons (Fsp3) is 0.409. The fourth-order valence-corrected chi connectivity index (χ4v) is 3.85. The van der Waals surface area contributed by atoms with Gasteiger partial charge >= 0.3 is 0 Å². The van der Waals surface area contributed by atoms with Crippen molar-refractivity contribution in [2.45, 2.75) is 19.3 Å². The minimum Gasteiger partial charge on any atom is -0.493 e. The van der Waals surface area contributed by atoms with Crippen molar-refractivity contribution in [2.24, 2.45) is 5.92 Å². The zero-order chi connectivity index (χ0) is 17.9. The van der Waals surface area contributed by atoms with E-state index in [4.69, 9.17) is 4.74 Å². The second-order valence-corrected chi connectivity index (χ2v) is 7.40. The molecule has 0 spiro atoms. The number of carbonyl (C=O) groups is 1. The molecule has 2 aromatic rings. The highest BCUT2D eigenvalue weighted by molar-refractivity contribution is 5.87. The van der Waals surface area contributed by atoms with Gasteiger partial charge in [0.1, 0.15) is 5.75 Å². The molecular formula is C22H26N2O2. The molecule has 1 amide bonds. The molecule has 4 nitrogen and oxygen atoms in total. The number of ether oxygens (including phenoxy) is 1. The van der Waals surface area contributed by atoms with Gasteiger partial charge in [-0.05, 0) is 59.5 Å². The molecule has 2 aliphatic heterocycles. The molecule has 1 saturated heterocycles. The van der Waals surface area contributed by atoms with Gasteiger partial charge in [0.25, 0.3) is 0 Å². The van der Waals surface area contributed by atoms with E-state index in [1.807, 2.05) is 11.9 Å². The molecule has 4 heteroatoms. The summed E-state index contributed by atoms with van der Waals surface area (Å²) < 4.78 is 6.03. The van der Waals surface area contributed by atoms with Crippen LogP contribution < -0.4 is 10.1 Å². The van der Waals surface area contributed by atoms with Gasteiger partial charge in [-0.25, -0.2) is 0 Å². The summed E-state index contributed by atoms with van der Waals surface area (Å²) in [6.07, 6.45) is 4.93. The number of amides is 1. The maximum absolute atomic E-state index is 11.6. The first-order chi connectivity index (χ1) is 12.7. The smallest absolute Gasteiger partial charge is 0.222 e. The topological polar surface area (TPSA) is 41.6 Å². The van der Waals surface area contributed by atoms with Crippen LogP contribution in [0.3, 0.4) is 0 Å². The third-order valence-corrected chi connectivity index (χ3v) is 5.46. The van der Waals surface area contributed by atoms with Crippen LogP contribution in [0.1, 0.15) is 24.8 Å². The molecule has 1 atom stereocenters. The van der Waals surface area contributed by atoms with Gasteiger partial charge in [0.05, 0.1) is 6.61 Å². The number of hydrogen-bond donors (Lipinski definition) is 1. The molecule has 2 aliphatic rings. The molecule has 0 bridgehead atoms. The molecule has 1 N–H and O–H groups in total. The molecule has 0 radical (unpaired) electrons. The summed E-state index contributed by atoms with van der Waals surface area (Å²) in [6.45, 7) is 3.47. The molecule has 1 fully saturated rings. The minimum atomic E-state index is 0.242. The molecule has 1 unspecified atom stereocenters. The van der Waals surface area contributed by atoms with Crippen molar-refractivity contribution in [3.8, 4) is 5.75 Å². The summed E-state index contributed by atoms with van der Waals surface area (Å²) in [5, 5.41) is 5.81. The van der Waals surface area contributed by atoms with E-state index >= 15 is 0 Å². The molecule has 0 saturated carbocycles. The van der Waals surface area contributed by atoms with Gasteiger partial charge in [-0.2, -0.15) is 0 Å². The van der Waals surface area contributed by atoms with E-state index in [-0.39, 0.29) is 5.91 Å². The van der Waals surface area contributed by atoms with Crippen molar-refractivity contribution in [1.82, 2.24) is 10.2 Å². The van der Waals surface area contributed by atoms with Crippen LogP contribution in [0, 0.1) is 5.92 Å². The highest BCUT2D eigenvalue weighted by Gasteiger charge is 2.23. The van der Waals surface area contributed by atoms with Gasteiger partial charge in [0, 0.05) is 32.5 Å². The lowest BCUT2D eigenvalue weighted by molar-refractivity contribution is -0.133. The average Bonchev–Trinajstić information content (AvgIpc) is 2.69. The normalized spacial score (nSPS) is 21.0. The third kappa shape index (κ3) is 3.75. The number of piperidine rings is 1. The maximum Gasteiger partial charge on any atom is 0.222 e. The Balaban J connectivity index is 1.44. The van der Waals surface area contributed by atoms with Crippen LogP contribution in [0.5, 0.6) is 5.75 Å². The van der Waals surface area contributed by atoms with Crippen LogP contribution in [0.4, 0.5) is 0 Å². The summed E-state index contributed by atoms with van der Waals surface area (Å²) in [5.41, 5.74) is 2.75. The molecule has 4 rings (SSSR count). The van der Waals surface area contributed by atoms with Crippen molar-refractivity contribution in [2.75, 3.05) is 33.3 Å². The Bertz CT molecular complexity index is 843. The van der Waals surface area contributed by atoms with Crippen LogP contribution >= 0.6 is 0 Å². The van der Waals surface area contributed by atoms with Crippen LogP contribution in [0.2, 0.25) is 0 Å². The first kappa shape index (κ1) is 17.1. The van der Waals surface area contributed by atoms with E-state index in [2.05, 4.69) is 47.8 Å². The summed E-state index contributed by atoms with van der Waals surface area (Å²) in [6, 6.07) is 13.0. The Morgan fingerprint density at radius 3 is 2.81 bits per heavy atom. The van der Waals surface area contributed by atoms with Crippen LogP contribution in [-0.4, -0.2) is 44.1 Å². The van der Waals surface area contributed by atoms with Crippen molar-refractivity contribution < 1.29 is 9.53 Å². The van der Waals surface area contributed by atoms with E-state index in [1.165, 1.54) is 21.9 Å². The van der Waals surface area contributed by atoms with Crippen molar-refractivity contribution in [3.05, 3.63) is 48.0 Å². The Labute approximate surface area is 154 Å². The molecular weight excluding hydrogens is 324 g/mol. The summed E-state index contributed by atoms with van der Waals surface area (Å²) in [4.78, 5) is 13.4. The lowest BCUT2D eigenvalue weighted by Gasteiger charge is -2.29. The minimum absolute atomic E-state index is 0.242. The molecule has 136 valence electrons. The van der Waals surface area contributed by atoms with Gasteiger partial charge < -0.3 is 15.0 Å². The maximum atomic E-state index is 11.6. The van der Waals surface area contributed by atoms with Crippen molar-refractivity contribution >= 4 is 22.3 Å². The Morgan fingerprint density at radius 1 is 1.15 bits per heavy atom. The number of benzene rings is 2. The van der Waals surface area contributed by atoms with Gasteiger partial charge in [-0.1, -0.05) is 24.3 Å². The molecule has 2 aromatic carbocycles. The number of nitrogens with one attached hydrogen (secondary N) is 1. The number of hydrogen-bond acceptors (Lipinski definition) is 3. The highest BCUT2D eigenvalue weighted by Crippen LogP contribution is 2.27. The lowest BCUT2D eigenvalue weighted by Crippen LogP contribution is -2.38. The molecule has 2 heterocycles. The van der Waals surface area contributed by atoms with E-state index in [9.17, 15) is 4.79 Å².